The molecule has 2 N–H and O–H groups in total. The number of nitrogens with zero attached hydrogens (tertiary/aromatic N) is 2. The zero-order valence-electron chi connectivity index (χ0n) is 16.0. The molecular weight excluding hydrogens is 403 g/mol. The fourth-order valence-corrected chi connectivity index (χ4v) is 1.78. The Morgan fingerprint density at radius 3 is 2.35 bits per heavy atom. The minimum absolute atomic E-state index is 0. The number of carbonyl (C=O) groups excluding carboxylic acids is 1. The molecule has 0 bridgehead atoms. The molecule has 0 saturated carbocycles. The molecule has 0 aromatic carbocycles. The van der Waals surface area contributed by atoms with Crippen LogP contribution in [-0.4, -0.2) is 50.0 Å². The van der Waals surface area contributed by atoms with Gasteiger partial charge >= 0.3 is 0 Å². The topological polar surface area (TPSA) is 56.7 Å². The Labute approximate surface area is 160 Å². The lowest BCUT2D eigenvalue weighted by atomic mass is 9.89. The molecule has 0 aromatic rings. The van der Waals surface area contributed by atoms with Gasteiger partial charge in [-0.2, -0.15) is 0 Å². The van der Waals surface area contributed by atoms with Crippen LogP contribution in [0.1, 0.15) is 60.3 Å². The Kier molecular flexibility index (Phi) is 13.8. The van der Waals surface area contributed by atoms with Crippen molar-refractivity contribution < 1.29 is 4.79 Å². The molecule has 0 rings (SSSR count). The first kappa shape index (κ1) is 24.7. The maximum absolute atomic E-state index is 11.7. The van der Waals surface area contributed by atoms with E-state index in [1.54, 1.807) is 19.0 Å². The number of unbranched alkanes of at least 4 members (excludes halogenated alkanes) is 1. The monoisotopic (exact) mass is 440 g/mol. The first-order chi connectivity index (χ1) is 10.2. The minimum atomic E-state index is 0. The summed E-state index contributed by atoms with van der Waals surface area (Å²) in [4.78, 5) is 17.7. The van der Waals surface area contributed by atoms with Gasteiger partial charge in [0.1, 0.15) is 6.54 Å². The molecule has 0 saturated heterocycles. The van der Waals surface area contributed by atoms with Crippen molar-refractivity contribution in [1.82, 2.24) is 15.5 Å². The SMILES string of the molecule is CCCCNC(=NCC(=O)N(C)C)NC(C)CCC(C)(C)C.I. The highest BCUT2D eigenvalue weighted by Crippen LogP contribution is 2.21. The summed E-state index contributed by atoms with van der Waals surface area (Å²) < 4.78 is 0. The Balaban J connectivity index is 0. The Bertz CT molecular complexity index is 351. The third-order valence-electron chi connectivity index (χ3n) is 3.40. The van der Waals surface area contributed by atoms with Crippen molar-refractivity contribution in [2.75, 3.05) is 27.2 Å². The molecule has 0 aliphatic rings. The average molecular weight is 440 g/mol. The summed E-state index contributed by atoms with van der Waals surface area (Å²) in [5.41, 5.74) is 0.337. The van der Waals surface area contributed by atoms with Gasteiger partial charge in [0, 0.05) is 26.7 Å². The number of guanidine groups is 1. The van der Waals surface area contributed by atoms with E-state index in [1.807, 2.05) is 0 Å². The van der Waals surface area contributed by atoms with E-state index in [9.17, 15) is 4.79 Å². The molecule has 23 heavy (non-hydrogen) atoms. The van der Waals surface area contributed by atoms with E-state index >= 15 is 0 Å². The Morgan fingerprint density at radius 1 is 1.26 bits per heavy atom. The van der Waals surface area contributed by atoms with E-state index in [0.29, 0.717) is 11.5 Å². The lowest BCUT2D eigenvalue weighted by molar-refractivity contribution is -0.127. The smallest absolute Gasteiger partial charge is 0.243 e. The largest absolute Gasteiger partial charge is 0.356 e. The van der Waals surface area contributed by atoms with Crippen LogP contribution < -0.4 is 10.6 Å². The number of halogens is 1. The second-order valence-electron chi connectivity index (χ2n) is 7.38. The van der Waals surface area contributed by atoms with Gasteiger partial charge in [-0.25, -0.2) is 4.99 Å². The summed E-state index contributed by atoms with van der Waals surface area (Å²) >= 11 is 0. The summed E-state index contributed by atoms with van der Waals surface area (Å²) in [7, 11) is 3.50. The quantitative estimate of drug-likeness (QED) is 0.264. The van der Waals surface area contributed by atoms with Crippen molar-refractivity contribution in [3.63, 3.8) is 0 Å². The van der Waals surface area contributed by atoms with Gasteiger partial charge in [-0.15, -0.1) is 24.0 Å². The minimum Gasteiger partial charge on any atom is -0.356 e. The number of aliphatic imine (C=N–C) groups is 1. The van der Waals surface area contributed by atoms with Gasteiger partial charge in [0.15, 0.2) is 5.96 Å². The van der Waals surface area contributed by atoms with Gasteiger partial charge < -0.3 is 15.5 Å². The Morgan fingerprint density at radius 2 is 1.87 bits per heavy atom. The molecule has 1 atom stereocenters. The summed E-state index contributed by atoms with van der Waals surface area (Å²) in [6.07, 6.45) is 4.47. The molecule has 1 amide bonds. The normalized spacial score (nSPS) is 13.1. The number of rotatable bonds is 8. The number of carbonyl (C=O) groups is 1. The van der Waals surface area contributed by atoms with E-state index in [4.69, 9.17) is 0 Å². The lowest BCUT2D eigenvalue weighted by Crippen LogP contribution is -2.43. The van der Waals surface area contributed by atoms with Crippen molar-refractivity contribution in [3.8, 4) is 0 Å². The second-order valence-corrected chi connectivity index (χ2v) is 7.38. The van der Waals surface area contributed by atoms with E-state index in [1.165, 1.54) is 0 Å². The number of amides is 1. The van der Waals surface area contributed by atoms with Crippen LogP contribution in [0.4, 0.5) is 0 Å². The molecule has 0 radical (unpaired) electrons. The van der Waals surface area contributed by atoms with Gasteiger partial charge in [-0.05, 0) is 31.6 Å². The van der Waals surface area contributed by atoms with E-state index in [0.717, 1.165) is 38.2 Å². The van der Waals surface area contributed by atoms with Crippen LogP contribution >= 0.6 is 24.0 Å². The van der Waals surface area contributed by atoms with Crippen molar-refractivity contribution in [1.29, 1.82) is 0 Å². The van der Waals surface area contributed by atoms with Crippen LogP contribution in [0.15, 0.2) is 4.99 Å². The first-order valence-corrected chi connectivity index (χ1v) is 8.40. The molecule has 0 heterocycles. The van der Waals surface area contributed by atoms with Crippen molar-refractivity contribution >= 4 is 35.8 Å². The van der Waals surface area contributed by atoms with Crippen molar-refractivity contribution in [3.05, 3.63) is 0 Å². The highest BCUT2D eigenvalue weighted by atomic mass is 127. The van der Waals surface area contributed by atoms with E-state index in [-0.39, 0.29) is 36.4 Å². The fraction of sp³-hybridized carbons (Fsp3) is 0.882. The second kappa shape index (κ2) is 12.8. The summed E-state index contributed by atoms with van der Waals surface area (Å²) in [6, 6.07) is 0.335. The zero-order valence-corrected chi connectivity index (χ0v) is 18.4. The van der Waals surface area contributed by atoms with Crippen LogP contribution in [-0.2, 0) is 4.79 Å². The van der Waals surface area contributed by atoms with E-state index in [2.05, 4.69) is 50.2 Å². The molecule has 0 aromatic heterocycles. The van der Waals surface area contributed by atoms with Crippen LogP contribution in [0.25, 0.3) is 0 Å². The standard InChI is InChI=1S/C17H36N4O.HI/c1-8-9-12-18-16(19-13-15(22)21(6)7)20-14(2)10-11-17(3,4)5;/h14H,8-13H2,1-7H3,(H2,18,19,20);1H. The van der Waals surface area contributed by atoms with Crippen LogP contribution in [0.2, 0.25) is 0 Å². The molecule has 6 heteroatoms. The molecule has 138 valence electrons. The third-order valence-corrected chi connectivity index (χ3v) is 3.40. The van der Waals surface area contributed by atoms with Crippen molar-refractivity contribution in [2.45, 2.75) is 66.3 Å². The number of hydrogen-bond acceptors (Lipinski definition) is 2. The molecular formula is C17H37IN4O. The van der Waals surface area contributed by atoms with Crippen molar-refractivity contribution in [2.24, 2.45) is 10.4 Å². The number of likely N-dealkylation sites (N-methyl/N-ethyl adjacent to an activating group) is 1. The fourth-order valence-electron chi connectivity index (χ4n) is 1.78. The van der Waals surface area contributed by atoms with E-state index < -0.39 is 0 Å². The molecule has 0 fully saturated rings. The lowest BCUT2D eigenvalue weighted by Gasteiger charge is -2.23. The molecule has 1 unspecified atom stereocenters. The highest BCUT2D eigenvalue weighted by molar-refractivity contribution is 14.0. The van der Waals surface area contributed by atoms with Gasteiger partial charge in [-0.1, -0.05) is 34.1 Å². The van der Waals surface area contributed by atoms with Gasteiger partial charge in [0.2, 0.25) is 5.91 Å². The summed E-state index contributed by atoms with van der Waals surface area (Å²) in [5, 5.41) is 6.72. The third kappa shape index (κ3) is 14.8. The maximum Gasteiger partial charge on any atom is 0.243 e. The molecule has 0 spiro atoms. The predicted octanol–water partition coefficient (Wildman–Crippen LogP) is 3.24. The van der Waals surface area contributed by atoms with Gasteiger partial charge in [0.05, 0.1) is 0 Å². The predicted molar refractivity (Wildman–Crippen MR) is 111 cm³/mol. The number of hydrogen-bond donors (Lipinski definition) is 2. The Hall–Kier alpha value is -0.530. The van der Waals surface area contributed by atoms with Crippen LogP contribution in [0.3, 0.4) is 0 Å². The molecule has 5 nitrogen and oxygen atoms in total. The summed E-state index contributed by atoms with van der Waals surface area (Å²) in [6.45, 7) is 12.1. The number of nitrogens with one attached hydrogen (secondary N) is 2. The first-order valence-electron chi connectivity index (χ1n) is 8.40. The zero-order chi connectivity index (χ0) is 17.2. The highest BCUT2D eigenvalue weighted by Gasteiger charge is 2.13. The average Bonchev–Trinajstić information content (AvgIpc) is 2.41. The summed E-state index contributed by atoms with van der Waals surface area (Å²) in [5.74, 6) is 0.754. The van der Waals surface area contributed by atoms with Crippen LogP contribution in [0.5, 0.6) is 0 Å². The van der Waals surface area contributed by atoms with Gasteiger partial charge in [-0.3, -0.25) is 4.79 Å². The molecule has 0 aliphatic heterocycles. The van der Waals surface area contributed by atoms with Crippen LogP contribution in [0, 0.1) is 5.41 Å². The maximum atomic E-state index is 11.7. The molecule has 0 aliphatic carbocycles. The van der Waals surface area contributed by atoms with Gasteiger partial charge in [0.25, 0.3) is 0 Å².